The summed E-state index contributed by atoms with van der Waals surface area (Å²) in [7, 11) is 0. The van der Waals surface area contributed by atoms with Gasteiger partial charge in [0.2, 0.25) is 0 Å². The molecule has 1 aliphatic rings. The van der Waals surface area contributed by atoms with Crippen molar-refractivity contribution in [3.63, 3.8) is 0 Å². The molecule has 2 heterocycles. The summed E-state index contributed by atoms with van der Waals surface area (Å²) >= 11 is 8.20. The van der Waals surface area contributed by atoms with E-state index in [0.29, 0.717) is 11.2 Å². The van der Waals surface area contributed by atoms with Gasteiger partial charge in [-0.15, -0.1) is 0 Å². The highest BCUT2D eigenvalue weighted by Gasteiger charge is 2.20. The lowest BCUT2D eigenvalue weighted by molar-refractivity contribution is 0.0985. The number of halogens is 2. The van der Waals surface area contributed by atoms with Crippen LogP contribution in [-0.4, -0.2) is 30.8 Å². The number of pyridine rings is 1. The zero-order chi connectivity index (χ0) is 10.8. The normalized spacial score (nSPS) is 21.8. The van der Waals surface area contributed by atoms with Gasteiger partial charge in [-0.05, 0) is 41.6 Å². The predicted molar refractivity (Wildman–Crippen MR) is 69.6 cm³/mol. The lowest BCUT2D eigenvalue weighted by Gasteiger charge is -2.34. The first-order valence-corrected chi connectivity index (χ1v) is 6.30. The Morgan fingerprint density at radius 1 is 1.60 bits per heavy atom. The lowest BCUT2D eigenvalue weighted by atomic mass is 10.2. The van der Waals surface area contributed by atoms with Crippen LogP contribution in [0.25, 0.3) is 0 Å². The molecule has 0 saturated carbocycles. The minimum absolute atomic E-state index is 0.362. The maximum Gasteiger partial charge on any atom is 0.132 e. The van der Waals surface area contributed by atoms with Gasteiger partial charge >= 0.3 is 0 Å². The molecule has 5 heteroatoms. The first-order chi connectivity index (χ1) is 7.16. The molecule has 1 aliphatic heterocycles. The third-order valence-corrected chi connectivity index (χ3v) is 3.22. The second kappa shape index (κ2) is 4.84. The highest BCUT2D eigenvalue weighted by molar-refractivity contribution is 14.1. The van der Waals surface area contributed by atoms with E-state index >= 15 is 0 Å². The Morgan fingerprint density at radius 3 is 3.07 bits per heavy atom. The van der Waals surface area contributed by atoms with E-state index < -0.39 is 0 Å². The van der Waals surface area contributed by atoms with Crippen LogP contribution in [0, 0.1) is 3.57 Å². The third kappa shape index (κ3) is 2.73. The number of ether oxygens (including phenoxy) is 1. The highest BCUT2D eigenvalue weighted by atomic mass is 127. The van der Waals surface area contributed by atoms with Gasteiger partial charge in [0.25, 0.3) is 0 Å². The van der Waals surface area contributed by atoms with Gasteiger partial charge in [0.1, 0.15) is 11.0 Å². The molecule has 0 radical (unpaired) electrons. The largest absolute Gasteiger partial charge is 0.377 e. The fraction of sp³-hybridized carbons (Fsp3) is 0.500. The maximum atomic E-state index is 5.94. The number of anilines is 1. The van der Waals surface area contributed by atoms with Crippen molar-refractivity contribution in [1.82, 2.24) is 4.98 Å². The van der Waals surface area contributed by atoms with Gasteiger partial charge in [0.15, 0.2) is 0 Å². The van der Waals surface area contributed by atoms with Gasteiger partial charge in [-0.1, -0.05) is 11.6 Å². The van der Waals surface area contributed by atoms with Crippen molar-refractivity contribution in [2.24, 2.45) is 0 Å². The van der Waals surface area contributed by atoms with Gasteiger partial charge in [0.05, 0.1) is 19.3 Å². The number of hydrogen-bond donors (Lipinski definition) is 0. The quantitative estimate of drug-likeness (QED) is 0.581. The number of morpholine rings is 1. The van der Waals surface area contributed by atoms with Crippen LogP contribution in [-0.2, 0) is 4.74 Å². The molecule has 0 aliphatic carbocycles. The van der Waals surface area contributed by atoms with E-state index in [9.17, 15) is 0 Å². The molecule has 0 spiro atoms. The summed E-state index contributed by atoms with van der Waals surface area (Å²) in [6.07, 6.45) is 0. The minimum Gasteiger partial charge on any atom is -0.377 e. The molecule has 0 bridgehead atoms. The molecule has 0 amide bonds. The molecule has 0 aromatic carbocycles. The van der Waals surface area contributed by atoms with Crippen LogP contribution in [0.3, 0.4) is 0 Å². The van der Waals surface area contributed by atoms with Crippen LogP contribution in [0.5, 0.6) is 0 Å². The van der Waals surface area contributed by atoms with E-state index in [0.717, 1.165) is 29.1 Å². The van der Waals surface area contributed by atoms with E-state index in [1.807, 2.05) is 12.1 Å². The van der Waals surface area contributed by atoms with Crippen molar-refractivity contribution in [1.29, 1.82) is 0 Å². The smallest absolute Gasteiger partial charge is 0.132 e. The van der Waals surface area contributed by atoms with E-state index in [1.54, 1.807) is 0 Å². The second-order valence-electron chi connectivity index (χ2n) is 3.58. The number of rotatable bonds is 1. The van der Waals surface area contributed by atoms with Gasteiger partial charge < -0.3 is 9.64 Å². The van der Waals surface area contributed by atoms with Crippen molar-refractivity contribution in [3.8, 4) is 0 Å². The molecule has 0 N–H and O–H groups in total. The molecular weight excluding hydrogens is 326 g/mol. The summed E-state index contributed by atoms with van der Waals surface area (Å²) in [5.74, 6) is 0.947. The Bertz CT molecular complexity index is 341. The van der Waals surface area contributed by atoms with Crippen LogP contribution in [0.4, 0.5) is 5.82 Å². The SMILES string of the molecule is C[C@@H]1COCCN1c1cc(I)cc(Cl)n1. The van der Waals surface area contributed by atoms with Gasteiger partial charge in [-0.25, -0.2) is 4.98 Å². The third-order valence-electron chi connectivity index (χ3n) is 2.41. The molecule has 1 aromatic rings. The fourth-order valence-corrected chi connectivity index (χ4v) is 2.63. The molecular formula is C10H12ClIN2O. The standard InChI is InChI=1S/C10H12ClIN2O/c1-7-6-15-3-2-14(7)10-5-8(12)4-9(11)13-10/h4-5,7H,2-3,6H2,1H3/t7-/m1/s1. The summed E-state index contributed by atoms with van der Waals surface area (Å²) in [4.78, 5) is 6.57. The van der Waals surface area contributed by atoms with Crippen molar-refractivity contribution < 1.29 is 4.74 Å². The summed E-state index contributed by atoms with van der Waals surface area (Å²) in [6, 6.07) is 4.27. The van der Waals surface area contributed by atoms with Crippen molar-refractivity contribution in [2.45, 2.75) is 13.0 Å². The monoisotopic (exact) mass is 338 g/mol. The topological polar surface area (TPSA) is 25.4 Å². The number of nitrogens with zero attached hydrogens (tertiary/aromatic N) is 2. The highest BCUT2D eigenvalue weighted by Crippen LogP contribution is 2.22. The Morgan fingerprint density at radius 2 is 2.40 bits per heavy atom. The molecule has 0 unspecified atom stereocenters. The minimum atomic E-state index is 0.362. The van der Waals surface area contributed by atoms with E-state index in [-0.39, 0.29) is 0 Å². The van der Waals surface area contributed by atoms with Crippen LogP contribution in [0.1, 0.15) is 6.92 Å². The zero-order valence-electron chi connectivity index (χ0n) is 8.41. The first-order valence-electron chi connectivity index (χ1n) is 4.84. The summed E-state index contributed by atoms with van der Waals surface area (Å²) in [5, 5.41) is 0.551. The van der Waals surface area contributed by atoms with Gasteiger partial charge in [0, 0.05) is 10.1 Å². The van der Waals surface area contributed by atoms with Crippen LogP contribution >= 0.6 is 34.2 Å². The first kappa shape index (κ1) is 11.4. The van der Waals surface area contributed by atoms with Gasteiger partial charge in [-0.3, -0.25) is 0 Å². The number of hydrogen-bond acceptors (Lipinski definition) is 3. The van der Waals surface area contributed by atoms with E-state index in [1.165, 1.54) is 0 Å². The summed E-state index contributed by atoms with van der Waals surface area (Å²) < 4.78 is 6.50. The van der Waals surface area contributed by atoms with E-state index in [2.05, 4.69) is 39.4 Å². The van der Waals surface area contributed by atoms with Crippen LogP contribution in [0.15, 0.2) is 12.1 Å². The average molecular weight is 339 g/mol. The Kier molecular flexibility index (Phi) is 3.69. The molecule has 15 heavy (non-hydrogen) atoms. The summed E-state index contributed by atoms with van der Waals surface area (Å²) in [6.45, 7) is 4.53. The van der Waals surface area contributed by atoms with Crippen molar-refractivity contribution >= 4 is 40.0 Å². The van der Waals surface area contributed by atoms with E-state index in [4.69, 9.17) is 16.3 Å². The molecule has 3 nitrogen and oxygen atoms in total. The molecule has 1 saturated heterocycles. The fourth-order valence-electron chi connectivity index (χ4n) is 1.67. The predicted octanol–water partition coefficient (Wildman–Crippen LogP) is 2.56. The molecule has 1 aromatic heterocycles. The average Bonchev–Trinajstić information content (AvgIpc) is 2.16. The van der Waals surface area contributed by atoms with Crippen LogP contribution < -0.4 is 4.90 Å². The lowest BCUT2D eigenvalue weighted by Crippen LogP contribution is -2.44. The molecule has 1 atom stereocenters. The molecule has 82 valence electrons. The Labute approximate surface area is 108 Å². The van der Waals surface area contributed by atoms with Crippen LogP contribution in [0.2, 0.25) is 5.15 Å². The zero-order valence-corrected chi connectivity index (χ0v) is 11.3. The van der Waals surface area contributed by atoms with Crippen molar-refractivity contribution in [2.75, 3.05) is 24.7 Å². The van der Waals surface area contributed by atoms with Crippen molar-refractivity contribution in [3.05, 3.63) is 20.9 Å². The Balaban J connectivity index is 2.27. The second-order valence-corrected chi connectivity index (χ2v) is 5.22. The maximum absolute atomic E-state index is 5.94. The number of aromatic nitrogens is 1. The van der Waals surface area contributed by atoms with Gasteiger partial charge in [-0.2, -0.15) is 0 Å². The summed E-state index contributed by atoms with van der Waals surface area (Å²) in [5.41, 5.74) is 0. The Hall–Kier alpha value is -0.0700. The molecule has 1 fully saturated rings. The molecule has 2 rings (SSSR count).